The number of nitrogens with zero attached hydrogens (tertiary/aromatic N) is 6. The van der Waals surface area contributed by atoms with Crippen molar-refractivity contribution in [2.75, 3.05) is 82.4 Å². The Labute approximate surface area is 390 Å². The van der Waals surface area contributed by atoms with Crippen LogP contribution in [0.4, 0.5) is 29.2 Å². The van der Waals surface area contributed by atoms with Gasteiger partial charge >= 0.3 is 0 Å². The Kier molecular flexibility index (Phi) is 15.5. The van der Waals surface area contributed by atoms with Crippen molar-refractivity contribution in [3.05, 3.63) is 47.5 Å². The summed E-state index contributed by atoms with van der Waals surface area (Å²) in [6.07, 6.45) is 15.3. The first-order valence-corrected chi connectivity index (χ1v) is 25.1. The summed E-state index contributed by atoms with van der Waals surface area (Å²) in [6.45, 7) is 8.21. The fourth-order valence-electron chi connectivity index (χ4n) is 11.9. The lowest BCUT2D eigenvalue weighted by molar-refractivity contribution is -0.129. The highest BCUT2D eigenvalue weighted by atomic mass is 19.1. The van der Waals surface area contributed by atoms with Crippen LogP contribution in [0.2, 0.25) is 0 Å². The number of hydrogen-bond donors (Lipinski definition) is 2. The summed E-state index contributed by atoms with van der Waals surface area (Å²) in [5.74, 6) is -0.331. The van der Waals surface area contributed by atoms with Crippen molar-refractivity contribution in [1.29, 1.82) is 0 Å². The van der Waals surface area contributed by atoms with Gasteiger partial charge < -0.3 is 34.2 Å². The standard InChI is InChI=1S/C50H68F4N8O5/c1-65-39-12-6-34(7-13-39)40(50(64)56-38-10-4-33(5-11-38)17-19-60-22-26-62(27-23-60)49-42-29-36(52)31-44(54)47(42)67-58-49)14-15-45(63)55-37-8-2-32(3-9-37)16-18-59-20-24-61(25-21-59)48-41-28-35(51)30-43(53)46(41)66-57-48/h28-34,37-40H,2-27H2,1H3,(H,55,63)(H,56,64). The average Bonchev–Trinajstić information content (AvgIpc) is 3.97. The number of benzene rings is 2. The van der Waals surface area contributed by atoms with Crippen molar-refractivity contribution in [3.8, 4) is 0 Å². The van der Waals surface area contributed by atoms with Crippen molar-refractivity contribution in [2.45, 2.75) is 121 Å². The predicted octanol–water partition coefficient (Wildman–Crippen LogP) is 8.20. The molecule has 2 aliphatic heterocycles. The molecule has 17 heteroatoms. The van der Waals surface area contributed by atoms with Gasteiger partial charge in [-0.25, -0.2) is 17.6 Å². The Morgan fingerprint density at radius 3 is 1.57 bits per heavy atom. The number of aromatic nitrogens is 2. The molecule has 0 bridgehead atoms. The molecular weight excluding hydrogens is 869 g/mol. The topological polar surface area (TPSA) is 132 Å². The van der Waals surface area contributed by atoms with Gasteiger partial charge in [-0.05, 0) is 139 Å². The molecule has 2 N–H and O–H groups in total. The van der Waals surface area contributed by atoms with Crippen LogP contribution in [0.25, 0.3) is 21.9 Å². The van der Waals surface area contributed by atoms with Crippen LogP contribution < -0.4 is 20.4 Å². The minimum Gasteiger partial charge on any atom is -0.381 e. The molecule has 0 radical (unpaired) electrons. The maximum atomic E-state index is 14.2. The molecule has 67 heavy (non-hydrogen) atoms. The van der Waals surface area contributed by atoms with Crippen molar-refractivity contribution in [2.24, 2.45) is 23.7 Å². The summed E-state index contributed by atoms with van der Waals surface area (Å²) in [4.78, 5) is 36.5. The third-order valence-electron chi connectivity index (χ3n) is 16.0. The van der Waals surface area contributed by atoms with E-state index >= 15 is 0 Å². The van der Waals surface area contributed by atoms with Crippen molar-refractivity contribution >= 4 is 45.4 Å². The summed E-state index contributed by atoms with van der Waals surface area (Å²) in [6, 6.07) is 4.53. The number of anilines is 2. The Hall–Kier alpha value is -4.48. The molecule has 5 aliphatic rings. The van der Waals surface area contributed by atoms with Gasteiger partial charge in [0.1, 0.15) is 11.6 Å². The van der Waals surface area contributed by atoms with Crippen LogP contribution >= 0.6 is 0 Å². The molecule has 4 aromatic rings. The number of methoxy groups -OCH3 is 1. The highest BCUT2D eigenvalue weighted by Gasteiger charge is 2.35. The zero-order valence-corrected chi connectivity index (χ0v) is 39.0. The molecule has 2 aromatic carbocycles. The molecule has 13 nitrogen and oxygen atoms in total. The van der Waals surface area contributed by atoms with Gasteiger partial charge in [0.2, 0.25) is 23.0 Å². The Bertz CT molecular complexity index is 2270. The van der Waals surface area contributed by atoms with Crippen LogP contribution in [0.1, 0.15) is 103 Å². The van der Waals surface area contributed by atoms with Gasteiger partial charge in [0.15, 0.2) is 23.3 Å². The smallest absolute Gasteiger partial charge is 0.223 e. The highest BCUT2D eigenvalue weighted by Crippen LogP contribution is 2.36. The molecule has 1 unspecified atom stereocenters. The second-order valence-corrected chi connectivity index (χ2v) is 20.2. The highest BCUT2D eigenvalue weighted by molar-refractivity contribution is 5.90. The van der Waals surface area contributed by atoms with Crippen molar-refractivity contribution < 1.29 is 40.9 Å². The van der Waals surface area contributed by atoms with E-state index in [4.69, 9.17) is 13.8 Å². The average molecular weight is 937 g/mol. The van der Waals surface area contributed by atoms with Crippen LogP contribution in [0.3, 0.4) is 0 Å². The minimum atomic E-state index is -0.739. The van der Waals surface area contributed by atoms with E-state index in [9.17, 15) is 27.2 Å². The monoisotopic (exact) mass is 937 g/mol. The van der Waals surface area contributed by atoms with Gasteiger partial charge in [-0.1, -0.05) is 10.3 Å². The number of carbonyl (C=O) groups is 2. The van der Waals surface area contributed by atoms with Crippen LogP contribution in [0.15, 0.2) is 33.3 Å². The molecule has 5 fully saturated rings. The molecule has 9 rings (SSSR count). The Balaban J connectivity index is 0.668. The van der Waals surface area contributed by atoms with Crippen LogP contribution in [-0.2, 0) is 14.3 Å². The first-order valence-electron chi connectivity index (χ1n) is 25.1. The number of fused-ring (bicyclic) bond motifs is 2. The van der Waals surface area contributed by atoms with E-state index < -0.39 is 23.3 Å². The fourth-order valence-corrected chi connectivity index (χ4v) is 11.9. The summed E-state index contributed by atoms with van der Waals surface area (Å²) in [5.41, 5.74) is -0.0215. The molecular formula is C50H68F4N8O5. The van der Waals surface area contributed by atoms with Gasteiger partial charge in [0, 0.05) is 96.0 Å². The van der Waals surface area contributed by atoms with Crippen LogP contribution in [0.5, 0.6) is 0 Å². The third kappa shape index (κ3) is 11.7. The normalized spacial score (nSPS) is 26.3. The molecule has 2 saturated heterocycles. The van der Waals surface area contributed by atoms with Crippen molar-refractivity contribution in [3.63, 3.8) is 0 Å². The summed E-state index contributed by atoms with van der Waals surface area (Å²) in [7, 11) is 1.77. The molecule has 1 atom stereocenters. The van der Waals surface area contributed by atoms with Gasteiger partial charge in [0.05, 0.1) is 16.9 Å². The lowest BCUT2D eigenvalue weighted by Crippen LogP contribution is -2.47. The van der Waals surface area contributed by atoms with Crippen LogP contribution in [0, 0.1) is 46.9 Å². The van der Waals surface area contributed by atoms with E-state index in [-0.39, 0.29) is 53.0 Å². The lowest BCUT2D eigenvalue weighted by atomic mass is 9.76. The second-order valence-electron chi connectivity index (χ2n) is 20.2. The second kappa shape index (κ2) is 21.9. The number of rotatable bonds is 16. The van der Waals surface area contributed by atoms with Crippen LogP contribution in [-0.4, -0.2) is 123 Å². The third-order valence-corrected chi connectivity index (χ3v) is 16.0. The number of hydrogen-bond acceptors (Lipinski definition) is 11. The van der Waals surface area contributed by atoms with Gasteiger partial charge in [-0.3, -0.25) is 19.4 Å². The largest absolute Gasteiger partial charge is 0.381 e. The van der Waals surface area contributed by atoms with Gasteiger partial charge in [-0.15, -0.1) is 0 Å². The summed E-state index contributed by atoms with van der Waals surface area (Å²) >= 11 is 0. The zero-order valence-electron chi connectivity index (χ0n) is 39.0. The number of ether oxygens (including phenoxy) is 1. The molecule has 4 heterocycles. The fraction of sp³-hybridized carbons (Fsp3) is 0.680. The molecule has 2 amide bonds. The SMILES string of the molecule is COC1CCC(C(CCC(=O)NC2CCC(CCN3CCN(c4noc5c(F)cc(F)cc45)CC3)CC2)C(=O)NC2CCC(CCN3CCN(c4noc5c(F)cc(F)cc45)CC3)CC2)CC1. The molecule has 0 spiro atoms. The molecule has 2 aromatic heterocycles. The minimum absolute atomic E-state index is 0.0107. The number of nitrogens with one attached hydrogen (secondary N) is 2. The quantitative estimate of drug-likeness (QED) is 0.105. The number of carbonyl (C=O) groups excluding carboxylic acids is 2. The molecule has 3 saturated carbocycles. The number of piperazine rings is 2. The summed E-state index contributed by atoms with van der Waals surface area (Å²) in [5, 5.41) is 15.6. The first kappa shape index (κ1) is 47.6. The predicted molar refractivity (Wildman–Crippen MR) is 248 cm³/mol. The maximum Gasteiger partial charge on any atom is 0.223 e. The lowest BCUT2D eigenvalue weighted by Gasteiger charge is -2.37. The van der Waals surface area contributed by atoms with E-state index in [1.165, 1.54) is 12.1 Å². The number of halogens is 4. The van der Waals surface area contributed by atoms with E-state index in [1.807, 2.05) is 9.80 Å². The van der Waals surface area contributed by atoms with Crippen molar-refractivity contribution in [1.82, 2.24) is 30.7 Å². The van der Waals surface area contributed by atoms with Gasteiger partial charge in [0.25, 0.3) is 0 Å². The van der Waals surface area contributed by atoms with E-state index in [0.29, 0.717) is 73.3 Å². The van der Waals surface area contributed by atoms with E-state index in [2.05, 4.69) is 30.7 Å². The maximum absolute atomic E-state index is 14.2. The Morgan fingerprint density at radius 1 is 0.642 bits per heavy atom. The van der Waals surface area contributed by atoms with E-state index in [1.54, 1.807) is 7.11 Å². The molecule has 3 aliphatic carbocycles. The summed E-state index contributed by atoms with van der Waals surface area (Å²) < 4.78 is 72.2. The van der Waals surface area contributed by atoms with E-state index in [0.717, 1.165) is 141 Å². The van der Waals surface area contributed by atoms with Gasteiger partial charge in [-0.2, -0.15) is 0 Å². The molecule has 366 valence electrons. The number of amides is 2. The first-order chi connectivity index (χ1) is 32.6. The zero-order chi connectivity index (χ0) is 46.4. The Morgan fingerprint density at radius 2 is 1.10 bits per heavy atom.